The van der Waals surface area contributed by atoms with E-state index >= 15 is 0 Å². The smallest absolute Gasteiger partial charge is 0.293 e. The number of nitrogens with one attached hydrogen (secondary N) is 2. The van der Waals surface area contributed by atoms with E-state index in [9.17, 15) is 19.8 Å². The Labute approximate surface area is 284 Å². The van der Waals surface area contributed by atoms with Gasteiger partial charge in [0.15, 0.2) is 11.5 Å². The molecule has 0 saturated heterocycles. The zero-order chi connectivity index (χ0) is 33.7. The van der Waals surface area contributed by atoms with Crippen LogP contribution in [0, 0.1) is 5.92 Å². The van der Waals surface area contributed by atoms with Crippen LogP contribution < -0.4 is 21.8 Å². The number of hydrogen-bond acceptors (Lipinski definition) is 6. The lowest BCUT2D eigenvalue weighted by atomic mass is 9.87. The Morgan fingerprint density at radius 2 is 1.00 bits per heavy atom. The molecule has 0 aliphatic heterocycles. The highest BCUT2D eigenvalue weighted by Gasteiger charge is 2.19. The van der Waals surface area contributed by atoms with E-state index in [-0.39, 0.29) is 22.6 Å². The van der Waals surface area contributed by atoms with E-state index in [1.54, 1.807) is 21.5 Å². The minimum absolute atomic E-state index is 0.130. The maximum absolute atomic E-state index is 12.4. The lowest BCUT2D eigenvalue weighted by Gasteiger charge is -2.27. The molecule has 2 aromatic heterocycles. The second-order valence-electron chi connectivity index (χ2n) is 13.6. The molecule has 2 heterocycles. The highest BCUT2D eigenvalue weighted by atomic mass is 16.3. The molecule has 2 aliphatic rings. The van der Waals surface area contributed by atoms with Crippen LogP contribution in [0.25, 0.3) is 0 Å². The maximum atomic E-state index is 12.4. The Hall–Kier alpha value is -4.14. The third kappa shape index (κ3) is 10.2. The van der Waals surface area contributed by atoms with Crippen molar-refractivity contribution in [1.82, 2.24) is 19.8 Å². The summed E-state index contributed by atoms with van der Waals surface area (Å²) in [6.45, 7) is 4.35. The van der Waals surface area contributed by atoms with Gasteiger partial charge in [0.2, 0.25) is 0 Å². The molecule has 6 rings (SSSR count). The van der Waals surface area contributed by atoms with Crippen LogP contribution in [0.2, 0.25) is 0 Å². The van der Waals surface area contributed by atoms with Crippen molar-refractivity contribution in [3.8, 4) is 11.5 Å². The van der Waals surface area contributed by atoms with E-state index < -0.39 is 0 Å². The molecule has 0 amide bonds. The molecule has 4 aromatic rings. The molecule has 0 bridgehead atoms. The van der Waals surface area contributed by atoms with E-state index in [1.807, 2.05) is 72.8 Å². The van der Waals surface area contributed by atoms with E-state index in [4.69, 9.17) is 0 Å². The van der Waals surface area contributed by atoms with Crippen LogP contribution in [-0.4, -0.2) is 31.4 Å². The summed E-state index contributed by atoms with van der Waals surface area (Å²) in [5, 5.41) is 27.5. The molecular formula is C40H52N4O4. The lowest BCUT2D eigenvalue weighted by molar-refractivity contribution is 0.305. The van der Waals surface area contributed by atoms with Crippen molar-refractivity contribution in [2.45, 2.75) is 109 Å². The van der Waals surface area contributed by atoms with Crippen molar-refractivity contribution in [2.75, 3.05) is 0 Å². The highest BCUT2D eigenvalue weighted by Crippen LogP contribution is 2.24. The third-order valence-electron chi connectivity index (χ3n) is 9.87. The summed E-state index contributed by atoms with van der Waals surface area (Å²) in [4.78, 5) is 24.8. The van der Waals surface area contributed by atoms with Crippen molar-refractivity contribution in [1.29, 1.82) is 0 Å². The first-order valence-corrected chi connectivity index (χ1v) is 17.7. The van der Waals surface area contributed by atoms with Gasteiger partial charge < -0.3 is 30.0 Å². The number of aromatic hydroxyl groups is 2. The summed E-state index contributed by atoms with van der Waals surface area (Å²) in [5.41, 5.74) is 2.82. The molecule has 4 N–H and O–H groups in total. The predicted octanol–water partition coefficient (Wildman–Crippen LogP) is 6.69. The van der Waals surface area contributed by atoms with Gasteiger partial charge in [-0.3, -0.25) is 9.59 Å². The van der Waals surface area contributed by atoms with Crippen LogP contribution in [0.15, 0.2) is 94.8 Å². The van der Waals surface area contributed by atoms with Crippen LogP contribution in [0.1, 0.15) is 93.4 Å². The quantitative estimate of drug-likeness (QED) is 0.142. The fourth-order valence-electron chi connectivity index (χ4n) is 6.75. The molecule has 0 atom stereocenters. The van der Waals surface area contributed by atoms with Crippen LogP contribution in [0.5, 0.6) is 11.5 Å². The van der Waals surface area contributed by atoms with Crippen LogP contribution in [-0.2, 0) is 26.2 Å². The number of rotatable bonds is 10. The van der Waals surface area contributed by atoms with Crippen molar-refractivity contribution >= 4 is 0 Å². The number of benzene rings is 2. The molecule has 48 heavy (non-hydrogen) atoms. The molecule has 2 fully saturated rings. The summed E-state index contributed by atoms with van der Waals surface area (Å²) < 4.78 is 3.11. The Kier molecular flexibility index (Phi) is 13.1. The first-order chi connectivity index (χ1) is 23.4. The van der Waals surface area contributed by atoms with Gasteiger partial charge in [-0.15, -0.1) is 0 Å². The van der Waals surface area contributed by atoms with E-state index in [1.165, 1.54) is 64.2 Å². The van der Waals surface area contributed by atoms with Crippen LogP contribution in [0.3, 0.4) is 0 Å². The lowest BCUT2D eigenvalue weighted by Crippen LogP contribution is -2.33. The molecule has 2 saturated carbocycles. The molecule has 8 heteroatoms. The van der Waals surface area contributed by atoms with Gasteiger partial charge in [-0.05, 0) is 67.7 Å². The summed E-state index contributed by atoms with van der Waals surface area (Å²) in [6, 6.07) is 24.3. The van der Waals surface area contributed by atoms with Gasteiger partial charge in [0, 0.05) is 48.7 Å². The maximum Gasteiger partial charge on any atom is 0.293 e. The topological polar surface area (TPSA) is 109 Å². The number of aromatic nitrogens is 2. The van der Waals surface area contributed by atoms with Gasteiger partial charge in [0.05, 0.1) is 13.1 Å². The van der Waals surface area contributed by atoms with Crippen molar-refractivity contribution in [3.63, 3.8) is 0 Å². The molecular weight excluding hydrogens is 600 g/mol. The summed E-state index contributed by atoms with van der Waals surface area (Å²) in [7, 11) is 0. The standard InChI is InChI=1S/2C20H26N2O2/c1-15-7-9-18(10-8-15)21-13-17-11-12-22(20(24)19(17)23)14-16-5-3-2-4-6-16;23-19-17(14-21-18-10-6-1-2-7-11-18)12-13-22(20(19)24)15-16-8-4-3-5-9-16/h2-6,11-12,15,18,21,23H,7-10,13-14H2,1H3;3-5,8-9,12-13,18,21,23H,1-2,6-7,10-11,14-15H2. The van der Waals surface area contributed by atoms with E-state index in [0.29, 0.717) is 49.4 Å². The normalized spacial score (nSPS) is 18.4. The van der Waals surface area contributed by atoms with Gasteiger partial charge in [-0.1, -0.05) is 93.3 Å². The van der Waals surface area contributed by atoms with Gasteiger partial charge in [-0.25, -0.2) is 0 Å². The average Bonchev–Trinajstić information content (AvgIpc) is 3.39. The molecule has 2 aliphatic carbocycles. The van der Waals surface area contributed by atoms with Crippen molar-refractivity contribution in [3.05, 3.63) is 128 Å². The molecule has 256 valence electrons. The highest BCUT2D eigenvalue weighted by molar-refractivity contribution is 5.31. The molecule has 0 unspecified atom stereocenters. The third-order valence-corrected chi connectivity index (χ3v) is 9.87. The van der Waals surface area contributed by atoms with Crippen LogP contribution in [0.4, 0.5) is 0 Å². The molecule has 8 nitrogen and oxygen atoms in total. The summed E-state index contributed by atoms with van der Waals surface area (Å²) in [6.07, 6.45) is 15.9. The monoisotopic (exact) mass is 652 g/mol. The number of nitrogens with zero attached hydrogens (tertiary/aromatic N) is 2. The number of pyridine rings is 2. The minimum Gasteiger partial charge on any atom is -0.503 e. The van der Waals surface area contributed by atoms with Gasteiger partial charge >= 0.3 is 0 Å². The van der Waals surface area contributed by atoms with Gasteiger partial charge in [0.1, 0.15) is 0 Å². The Bertz CT molecular complexity index is 1670. The first kappa shape index (κ1) is 35.2. The second-order valence-corrected chi connectivity index (χ2v) is 13.6. The minimum atomic E-state index is -0.324. The molecule has 2 aromatic carbocycles. The van der Waals surface area contributed by atoms with Gasteiger partial charge in [-0.2, -0.15) is 0 Å². The zero-order valence-electron chi connectivity index (χ0n) is 28.3. The van der Waals surface area contributed by atoms with E-state index in [2.05, 4.69) is 17.6 Å². The van der Waals surface area contributed by atoms with Gasteiger partial charge in [0.25, 0.3) is 11.1 Å². The van der Waals surface area contributed by atoms with E-state index in [0.717, 1.165) is 17.0 Å². The SMILES string of the molecule is CC1CCC(NCc2ccn(Cc3ccccc3)c(=O)c2O)CC1.O=c1c(O)c(CNC2CCCCCC2)ccn1Cc1ccccc1. The van der Waals surface area contributed by atoms with Crippen molar-refractivity contribution in [2.24, 2.45) is 5.92 Å². The second kappa shape index (κ2) is 17.9. The largest absolute Gasteiger partial charge is 0.503 e. The predicted molar refractivity (Wildman–Crippen MR) is 192 cm³/mol. The Balaban J connectivity index is 0.000000188. The zero-order valence-corrected chi connectivity index (χ0v) is 28.3. The summed E-state index contributed by atoms with van der Waals surface area (Å²) >= 11 is 0. The number of hydrogen-bond donors (Lipinski definition) is 4. The van der Waals surface area contributed by atoms with Crippen LogP contribution >= 0.6 is 0 Å². The van der Waals surface area contributed by atoms with Crippen molar-refractivity contribution < 1.29 is 10.2 Å². The molecule has 0 radical (unpaired) electrons. The Morgan fingerprint density at radius 1 is 0.583 bits per heavy atom. The fourth-order valence-corrected chi connectivity index (χ4v) is 6.75. The Morgan fingerprint density at radius 3 is 1.44 bits per heavy atom. The summed E-state index contributed by atoms with van der Waals surface area (Å²) in [5.74, 6) is 0.554. The molecule has 0 spiro atoms. The fraction of sp³-hybridized carbons (Fsp3) is 0.450. The first-order valence-electron chi connectivity index (χ1n) is 17.7. The average molecular weight is 653 g/mol.